The van der Waals surface area contributed by atoms with E-state index in [-0.39, 0.29) is 0 Å². The van der Waals surface area contributed by atoms with Gasteiger partial charge in [-0.25, -0.2) is 5.48 Å². The summed E-state index contributed by atoms with van der Waals surface area (Å²) in [6, 6.07) is 1.11. The SMILES string of the molecule is N#CC(=O)NO. The van der Waals surface area contributed by atoms with Gasteiger partial charge in [-0.1, -0.05) is 0 Å². The highest BCUT2D eigenvalue weighted by Crippen LogP contribution is 1.47. The molecule has 0 aromatic carbocycles. The molecule has 0 aromatic heterocycles. The van der Waals surface area contributed by atoms with E-state index in [1.807, 2.05) is 0 Å². The number of rotatable bonds is 0. The van der Waals surface area contributed by atoms with Crippen molar-refractivity contribution in [1.29, 1.82) is 5.26 Å². The van der Waals surface area contributed by atoms with Gasteiger partial charge in [-0.3, -0.25) is 10.0 Å². The van der Waals surface area contributed by atoms with Crippen molar-refractivity contribution in [2.24, 2.45) is 0 Å². The maximum atomic E-state index is 9.46. The number of hydroxylamine groups is 1. The van der Waals surface area contributed by atoms with Gasteiger partial charge < -0.3 is 0 Å². The number of nitrogens with zero attached hydrogens (tertiary/aromatic N) is 1. The highest BCUT2D eigenvalue weighted by Gasteiger charge is 1.86. The summed E-state index contributed by atoms with van der Waals surface area (Å²) in [5.74, 6) is -1.05. The number of nitriles is 1. The largest absolute Gasteiger partial charge is 0.345 e. The van der Waals surface area contributed by atoms with Crippen LogP contribution >= 0.6 is 0 Å². The van der Waals surface area contributed by atoms with Gasteiger partial charge in [0, 0.05) is 0 Å². The Morgan fingerprint density at radius 3 is 2.50 bits per heavy atom. The van der Waals surface area contributed by atoms with Gasteiger partial charge >= 0.3 is 5.91 Å². The minimum atomic E-state index is -1.05. The summed E-state index contributed by atoms with van der Waals surface area (Å²) >= 11 is 0. The van der Waals surface area contributed by atoms with Crippen LogP contribution in [0.5, 0.6) is 0 Å². The van der Waals surface area contributed by atoms with E-state index in [0.717, 1.165) is 11.5 Å². The Labute approximate surface area is 34.0 Å². The quantitative estimate of drug-likeness (QED) is 0.226. The van der Waals surface area contributed by atoms with Crippen LogP contribution in [0.25, 0.3) is 0 Å². The Morgan fingerprint density at radius 1 is 2.00 bits per heavy atom. The maximum absolute atomic E-state index is 9.46. The Balaban J connectivity index is 3.33. The molecule has 0 aliphatic rings. The van der Waals surface area contributed by atoms with E-state index in [9.17, 15) is 4.79 Å². The standard InChI is InChI=1S/C2H2N2O2/c3-1-2(5)4-6/h6H,(H,4,5). The third kappa shape index (κ3) is 1.26. The van der Waals surface area contributed by atoms with E-state index in [1.165, 1.54) is 0 Å². The Morgan fingerprint density at radius 2 is 2.50 bits per heavy atom. The van der Waals surface area contributed by atoms with Crippen LogP contribution in [0.15, 0.2) is 0 Å². The molecule has 2 N–H and O–H groups in total. The Kier molecular flexibility index (Phi) is 1.78. The topological polar surface area (TPSA) is 73.1 Å². The van der Waals surface area contributed by atoms with Crippen molar-refractivity contribution in [1.82, 2.24) is 5.48 Å². The highest BCUT2D eigenvalue weighted by molar-refractivity contribution is 5.90. The average molecular weight is 86.0 g/mol. The van der Waals surface area contributed by atoms with Gasteiger partial charge in [0.25, 0.3) is 0 Å². The number of nitrogens with one attached hydrogen (secondary N) is 1. The molecule has 4 heteroatoms. The first-order chi connectivity index (χ1) is 2.81. The minimum absolute atomic E-state index is 1.05. The van der Waals surface area contributed by atoms with Gasteiger partial charge in [0.1, 0.15) is 0 Å². The first-order valence-corrected chi connectivity index (χ1v) is 1.15. The van der Waals surface area contributed by atoms with Crippen LogP contribution in [0.2, 0.25) is 0 Å². The van der Waals surface area contributed by atoms with Crippen LogP contribution in [0, 0.1) is 11.3 Å². The second-order valence-corrected chi connectivity index (χ2v) is 0.553. The average Bonchev–Trinajstić information content (AvgIpc) is 1.65. The van der Waals surface area contributed by atoms with Crippen molar-refractivity contribution in [3.8, 4) is 6.07 Å². The van der Waals surface area contributed by atoms with Crippen molar-refractivity contribution in [2.75, 3.05) is 0 Å². The number of carbonyl (C=O) groups is 1. The molecule has 0 fully saturated rings. The zero-order valence-electron chi connectivity index (χ0n) is 2.80. The second-order valence-electron chi connectivity index (χ2n) is 0.553. The van der Waals surface area contributed by atoms with Crippen molar-refractivity contribution < 1.29 is 10.0 Å². The molecule has 0 aliphatic heterocycles. The molecule has 0 heterocycles. The Bertz CT molecular complexity index is 92.2. The van der Waals surface area contributed by atoms with E-state index in [1.54, 1.807) is 0 Å². The van der Waals surface area contributed by atoms with Gasteiger partial charge in [0.2, 0.25) is 0 Å². The lowest BCUT2D eigenvalue weighted by molar-refractivity contribution is -0.123. The maximum Gasteiger partial charge on any atom is 0.345 e. The smallest absolute Gasteiger partial charge is 0.288 e. The molecule has 0 unspecified atom stereocenters. The van der Waals surface area contributed by atoms with Crippen molar-refractivity contribution in [3.05, 3.63) is 0 Å². The molecule has 1 amide bonds. The second kappa shape index (κ2) is 2.18. The summed E-state index contributed by atoms with van der Waals surface area (Å²) in [6.45, 7) is 0. The monoisotopic (exact) mass is 86.0 g/mol. The summed E-state index contributed by atoms with van der Waals surface area (Å²) < 4.78 is 0. The fourth-order valence-corrected chi connectivity index (χ4v) is 0.0250. The zero-order valence-corrected chi connectivity index (χ0v) is 2.80. The van der Waals surface area contributed by atoms with E-state index in [2.05, 4.69) is 0 Å². The van der Waals surface area contributed by atoms with Crippen molar-refractivity contribution >= 4 is 5.91 Å². The number of hydrogen-bond acceptors (Lipinski definition) is 3. The van der Waals surface area contributed by atoms with Crippen LogP contribution < -0.4 is 5.48 Å². The molecule has 4 nitrogen and oxygen atoms in total. The van der Waals surface area contributed by atoms with Crippen LogP contribution in [0.4, 0.5) is 0 Å². The highest BCUT2D eigenvalue weighted by atomic mass is 16.5. The summed E-state index contributed by atoms with van der Waals surface area (Å²) in [7, 11) is 0. The van der Waals surface area contributed by atoms with E-state index >= 15 is 0 Å². The molecule has 0 saturated heterocycles. The fraction of sp³-hybridized carbons (Fsp3) is 0. The van der Waals surface area contributed by atoms with E-state index < -0.39 is 5.91 Å². The minimum Gasteiger partial charge on any atom is -0.288 e. The predicted molar refractivity (Wildman–Crippen MR) is 15.5 cm³/mol. The predicted octanol–water partition coefficient (Wildman–Crippen LogP) is -0.985. The van der Waals surface area contributed by atoms with E-state index in [0.29, 0.717) is 0 Å². The lowest BCUT2D eigenvalue weighted by atomic mass is 10.7. The van der Waals surface area contributed by atoms with Gasteiger partial charge in [0.05, 0.1) is 0 Å². The van der Waals surface area contributed by atoms with Gasteiger partial charge in [-0.2, -0.15) is 5.26 Å². The molecular formula is C2H2N2O2. The molecular weight excluding hydrogens is 84.0 g/mol. The third-order valence-electron chi connectivity index (χ3n) is 0.203. The third-order valence-corrected chi connectivity index (χ3v) is 0.203. The molecule has 0 aliphatic carbocycles. The van der Waals surface area contributed by atoms with Crippen LogP contribution in [0.1, 0.15) is 0 Å². The lowest BCUT2D eigenvalue weighted by Gasteiger charge is -1.75. The molecule has 0 bridgehead atoms. The lowest BCUT2D eigenvalue weighted by Crippen LogP contribution is -2.14. The Hall–Kier alpha value is -1.08. The summed E-state index contributed by atoms with van der Waals surface area (Å²) in [4.78, 5) is 9.46. The van der Waals surface area contributed by atoms with Gasteiger partial charge in [-0.05, 0) is 0 Å². The first kappa shape index (κ1) is 4.92. The van der Waals surface area contributed by atoms with Crippen molar-refractivity contribution in [3.63, 3.8) is 0 Å². The van der Waals surface area contributed by atoms with Crippen molar-refractivity contribution in [2.45, 2.75) is 0 Å². The normalized spacial score (nSPS) is 6.00. The summed E-state index contributed by atoms with van der Waals surface area (Å²) in [5, 5.41) is 15.0. The molecule has 32 valence electrons. The van der Waals surface area contributed by atoms with Crippen LogP contribution in [-0.4, -0.2) is 11.1 Å². The molecule has 0 radical (unpaired) electrons. The first-order valence-electron chi connectivity index (χ1n) is 1.15. The van der Waals surface area contributed by atoms with Gasteiger partial charge in [-0.15, -0.1) is 0 Å². The molecule has 0 aromatic rings. The molecule has 0 saturated carbocycles. The molecule has 6 heavy (non-hydrogen) atoms. The fourth-order valence-electron chi connectivity index (χ4n) is 0.0250. The molecule has 0 rings (SSSR count). The molecule has 0 atom stereocenters. The molecule has 0 spiro atoms. The number of hydrogen-bond donors (Lipinski definition) is 2. The summed E-state index contributed by atoms with van der Waals surface area (Å²) in [5.41, 5.74) is 1.11. The van der Waals surface area contributed by atoms with Gasteiger partial charge in [0.15, 0.2) is 6.07 Å². The number of carbonyl (C=O) groups excluding carboxylic acids is 1. The number of amides is 1. The van der Waals surface area contributed by atoms with Crippen LogP contribution in [0.3, 0.4) is 0 Å². The van der Waals surface area contributed by atoms with E-state index in [4.69, 9.17) is 10.5 Å². The summed E-state index contributed by atoms with van der Waals surface area (Å²) in [6.07, 6.45) is 0. The zero-order chi connectivity index (χ0) is 4.99. The van der Waals surface area contributed by atoms with Crippen LogP contribution in [-0.2, 0) is 4.79 Å².